The van der Waals surface area contributed by atoms with Gasteiger partial charge in [-0.3, -0.25) is 9.59 Å². The Balaban J connectivity index is 1.54. The van der Waals surface area contributed by atoms with Crippen molar-refractivity contribution in [3.05, 3.63) is 34.7 Å². The Hall–Kier alpha value is -2.09. The first-order valence-corrected chi connectivity index (χ1v) is 8.29. The zero-order chi connectivity index (χ0) is 17.1. The minimum Gasteiger partial charge on any atom is -0.347 e. The van der Waals surface area contributed by atoms with Crippen LogP contribution in [0.2, 0.25) is 0 Å². The fourth-order valence-corrected chi connectivity index (χ4v) is 4.38. The molecule has 0 aliphatic carbocycles. The second-order valence-corrected chi connectivity index (χ2v) is 7.43. The highest BCUT2D eigenvalue weighted by molar-refractivity contribution is 7.20. The number of amides is 2. The lowest BCUT2D eigenvalue weighted by Crippen LogP contribution is -2.68. The number of nitrogens with one attached hydrogen (secondary N) is 1. The van der Waals surface area contributed by atoms with Gasteiger partial charge in [0.05, 0.1) is 16.0 Å². The van der Waals surface area contributed by atoms with Crippen LogP contribution in [-0.2, 0) is 11.0 Å². The fraction of sp³-hybridized carbons (Fsp3) is 0.375. The molecule has 1 N–H and O–H groups in total. The number of carbonyl (C=O) groups is 2. The fourth-order valence-electron chi connectivity index (χ4n) is 3.31. The Labute approximate surface area is 139 Å². The monoisotopic (exact) mass is 354 g/mol. The Morgan fingerprint density at radius 1 is 1.25 bits per heavy atom. The van der Waals surface area contributed by atoms with Gasteiger partial charge in [-0.1, -0.05) is 6.07 Å². The van der Waals surface area contributed by atoms with Crippen LogP contribution in [0.15, 0.2) is 24.3 Å². The number of likely N-dealkylation sites (tertiary alicyclic amines) is 1. The molecule has 2 amide bonds. The lowest BCUT2D eigenvalue weighted by atomic mass is 9.88. The minimum absolute atomic E-state index is 0.00337. The highest BCUT2D eigenvalue weighted by Gasteiger charge is 2.49. The lowest BCUT2D eigenvalue weighted by molar-refractivity contribution is -0.137. The van der Waals surface area contributed by atoms with E-state index in [1.807, 2.05) is 0 Å². The average Bonchev–Trinajstić information content (AvgIpc) is 3.06. The number of benzene rings is 1. The van der Waals surface area contributed by atoms with E-state index in [1.54, 1.807) is 11.0 Å². The van der Waals surface area contributed by atoms with Crippen LogP contribution in [0.25, 0.3) is 10.1 Å². The van der Waals surface area contributed by atoms with E-state index in [2.05, 4.69) is 5.32 Å². The van der Waals surface area contributed by atoms with E-state index in [0.717, 1.165) is 29.9 Å². The largest absolute Gasteiger partial charge is 0.416 e. The van der Waals surface area contributed by atoms with Gasteiger partial charge < -0.3 is 10.2 Å². The van der Waals surface area contributed by atoms with Gasteiger partial charge in [0.15, 0.2) is 0 Å². The van der Waals surface area contributed by atoms with Crippen molar-refractivity contribution in [3.63, 3.8) is 0 Å². The first kappa shape index (κ1) is 15.4. The number of hydrogen-bond acceptors (Lipinski definition) is 3. The molecule has 0 saturated carbocycles. The molecular weight excluding hydrogens is 341 g/mol. The number of halogens is 3. The molecule has 3 heterocycles. The molecule has 2 aliphatic heterocycles. The van der Waals surface area contributed by atoms with Crippen LogP contribution in [-0.4, -0.2) is 35.3 Å². The molecule has 0 bridgehead atoms. The topological polar surface area (TPSA) is 49.4 Å². The smallest absolute Gasteiger partial charge is 0.347 e. The summed E-state index contributed by atoms with van der Waals surface area (Å²) in [4.78, 5) is 25.9. The number of rotatable bonds is 1. The third-order valence-corrected chi connectivity index (χ3v) is 5.65. The van der Waals surface area contributed by atoms with Crippen LogP contribution >= 0.6 is 11.3 Å². The van der Waals surface area contributed by atoms with Crippen LogP contribution in [0.5, 0.6) is 0 Å². The third-order valence-electron chi connectivity index (χ3n) is 4.57. The summed E-state index contributed by atoms with van der Waals surface area (Å²) >= 11 is 1.07. The average molecular weight is 354 g/mol. The first-order chi connectivity index (χ1) is 11.3. The Morgan fingerprint density at radius 3 is 2.62 bits per heavy atom. The van der Waals surface area contributed by atoms with Crippen LogP contribution in [0.4, 0.5) is 13.2 Å². The molecule has 1 aromatic heterocycles. The first-order valence-electron chi connectivity index (χ1n) is 7.47. The Kier molecular flexibility index (Phi) is 3.19. The van der Waals surface area contributed by atoms with Gasteiger partial charge in [0.1, 0.15) is 0 Å². The van der Waals surface area contributed by atoms with Gasteiger partial charge >= 0.3 is 6.18 Å². The van der Waals surface area contributed by atoms with Crippen molar-refractivity contribution in [2.75, 3.05) is 13.1 Å². The summed E-state index contributed by atoms with van der Waals surface area (Å²) < 4.78 is 38.7. The summed E-state index contributed by atoms with van der Waals surface area (Å²) in [7, 11) is 0. The van der Waals surface area contributed by atoms with Crippen LogP contribution < -0.4 is 5.32 Å². The maximum absolute atomic E-state index is 12.8. The second-order valence-electron chi connectivity index (χ2n) is 6.35. The van der Waals surface area contributed by atoms with E-state index in [1.165, 1.54) is 6.07 Å². The second kappa shape index (κ2) is 4.95. The maximum Gasteiger partial charge on any atom is 0.416 e. The predicted octanol–water partition coefficient (Wildman–Crippen LogP) is 3.02. The van der Waals surface area contributed by atoms with Gasteiger partial charge in [-0.05, 0) is 30.0 Å². The van der Waals surface area contributed by atoms with Gasteiger partial charge in [0.2, 0.25) is 5.91 Å². The number of alkyl halides is 3. The summed E-state index contributed by atoms with van der Waals surface area (Å²) in [5, 5.41) is 3.52. The van der Waals surface area contributed by atoms with Crippen molar-refractivity contribution in [2.45, 2.75) is 24.6 Å². The van der Waals surface area contributed by atoms with Crippen LogP contribution in [0, 0.1) is 0 Å². The van der Waals surface area contributed by atoms with Crippen molar-refractivity contribution in [1.29, 1.82) is 0 Å². The molecule has 1 spiro atoms. The number of carbonyl (C=O) groups excluding carboxylic acids is 2. The van der Waals surface area contributed by atoms with Gasteiger partial charge in [-0.15, -0.1) is 11.3 Å². The van der Waals surface area contributed by atoms with Crippen LogP contribution in [0.1, 0.15) is 28.1 Å². The van der Waals surface area contributed by atoms with Gasteiger partial charge in [-0.2, -0.15) is 13.2 Å². The molecule has 2 aromatic rings. The van der Waals surface area contributed by atoms with Gasteiger partial charge in [0.25, 0.3) is 5.91 Å². The molecule has 8 heteroatoms. The molecule has 126 valence electrons. The van der Waals surface area contributed by atoms with Crippen molar-refractivity contribution in [2.24, 2.45) is 0 Å². The molecule has 2 saturated heterocycles. The quantitative estimate of drug-likeness (QED) is 0.856. The van der Waals surface area contributed by atoms with Gasteiger partial charge in [-0.25, -0.2) is 0 Å². The molecule has 0 radical (unpaired) electrons. The van der Waals surface area contributed by atoms with Crippen molar-refractivity contribution < 1.29 is 22.8 Å². The van der Waals surface area contributed by atoms with E-state index < -0.39 is 11.7 Å². The summed E-state index contributed by atoms with van der Waals surface area (Å²) in [5.74, 6) is -0.194. The summed E-state index contributed by atoms with van der Waals surface area (Å²) in [6.45, 7) is 0.916. The predicted molar refractivity (Wildman–Crippen MR) is 82.8 cm³/mol. The van der Waals surface area contributed by atoms with E-state index in [4.69, 9.17) is 0 Å². The normalized spacial score (nSPS) is 19.6. The Bertz CT molecular complexity index is 853. The van der Waals surface area contributed by atoms with Crippen LogP contribution in [0.3, 0.4) is 0 Å². The van der Waals surface area contributed by atoms with E-state index in [0.29, 0.717) is 34.5 Å². The molecule has 24 heavy (non-hydrogen) atoms. The molecule has 1 aromatic carbocycles. The molecule has 0 atom stereocenters. The zero-order valence-electron chi connectivity index (χ0n) is 12.4. The molecular formula is C16H13F3N2O2S. The van der Waals surface area contributed by atoms with Crippen molar-refractivity contribution in [1.82, 2.24) is 10.2 Å². The van der Waals surface area contributed by atoms with E-state index in [-0.39, 0.29) is 17.4 Å². The van der Waals surface area contributed by atoms with Gasteiger partial charge in [0, 0.05) is 24.2 Å². The number of hydrogen-bond donors (Lipinski definition) is 1. The minimum atomic E-state index is -4.40. The van der Waals surface area contributed by atoms with E-state index >= 15 is 0 Å². The molecule has 2 fully saturated rings. The number of thiophene rings is 1. The SMILES string of the molecule is O=C1CCC2(CN(C(=O)c3cc4ccc(C(F)(F)F)cc4s3)C2)N1. The zero-order valence-corrected chi connectivity index (χ0v) is 13.3. The van der Waals surface area contributed by atoms with E-state index in [9.17, 15) is 22.8 Å². The molecule has 2 aliphatic rings. The third kappa shape index (κ3) is 2.45. The standard InChI is InChI=1S/C16H13F3N2O2S/c17-16(18,19)10-2-1-9-5-12(24-11(9)6-10)14(23)21-7-15(8-21)4-3-13(22)20-15/h1-2,5-6H,3-4,7-8H2,(H,20,22). The highest BCUT2D eigenvalue weighted by atomic mass is 32.1. The summed E-state index contributed by atoms with van der Waals surface area (Å²) in [6.07, 6.45) is -3.20. The van der Waals surface area contributed by atoms with Crippen molar-refractivity contribution >= 4 is 33.2 Å². The summed E-state index contributed by atoms with van der Waals surface area (Å²) in [5.41, 5.74) is -1.01. The number of nitrogens with zero attached hydrogens (tertiary/aromatic N) is 1. The molecule has 0 unspecified atom stereocenters. The maximum atomic E-state index is 12.8. The molecule has 4 rings (SSSR count). The molecule has 4 nitrogen and oxygen atoms in total. The highest BCUT2D eigenvalue weighted by Crippen LogP contribution is 2.36. The number of fused-ring (bicyclic) bond motifs is 1. The summed E-state index contributed by atoms with van der Waals surface area (Å²) in [6, 6.07) is 5.11. The van der Waals surface area contributed by atoms with Crippen molar-refractivity contribution in [3.8, 4) is 0 Å². The lowest BCUT2D eigenvalue weighted by Gasteiger charge is -2.47. The Morgan fingerprint density at radius 2 is 2.00 bits per heavy atom.